The van der Waals surface area contributed by atoms with Gasteiger partial charge in [-0.25, -0.2) is 4.39 Å². The fraction of sp³-hybridized carbons (Fsp3) is 0.278. The van der Waals surface area contributed by atoms with Crippen molar-refractivity contribution in [3.63, 3.8) is 0 Å². The van der Waals surface area contributed by atoms with Gasteiger partial charge in [0.05, 0.1) is 0 Å². The van der Waals surface area contributed by atoms with Gasteiger partial charge in [-0.15, -0.1) is 24.0 Å². The SMILES string of the molecule is CN=C(NCc1cccc(F)c1)NC1CC1c1cccc(Cl)c1.I. The Morgan fingerprint density at radius 2 is 2.04 bits per heavy atom. The number of nitrogens with zero attached hydrogens (tertiary/aromatic N) is 1. The first-order chi connectivity index (χ1) is 11.2. The minimum atomic E-state index is -0.226. The molecule has 0 bridgehead atoms. The van der Waals surface area contributed by atoms with Gasteiger partial charge in [0.2, 0.25) is 0 Å². The largest absolute Gasteiger partial charge is 0.353 e. The number of aliphatic imine (C=N–C) groups is 1. The van der Waals surface area contributed by atoms with Gasteiger partial charge in [-0.3, -0.25) is 4.99 Å². The summed E-state index contributed by atoms with van der Waals surface area (Å²) in [6.45, 7) is 0.534. The van der Waals surface area contributed by atoms with Crippen molar-refractivity contribution in [3.05, 3.63) is 70.5 Å². The Balaban J connectivity index is 0.00000208. The molecule has 3 rings (SSSR count). The van der Waals surface area contributed by atoms with E-state index in [1.54, 1.807) is 13.1 Å². The molecule has 1 fully saturated rings. The van der Waals surface area contributed by atoms with Crippen molar-refractivity contribution < 1.29 is 4.39 Å². The summed E-state index contributed by atoms with van der Waals surface area (Å²) >= 11 is 6.04. The first-order valence-corrected chi connectivity index (χ1v) is 8.00. The molecule has 128 valence electrons. The Morgan fingerprint density at radius 1 is 1.25 bits per heavy atom. The van der Waals surface area contributed by atoms with Crippen molar-refractivity contribution in [3.8, 4) is 0 Å². The molecule has 2 N–H and O–H groups in total. The van der Waals surface area contributed by atoms with E-state index in [4.69, 9.17) is 11.6 Å². The van der Waals surface area contributed by atoms with E-state index in [2.05, 4.69) is 21.7 Å². The van der Waals surface area contributed by atoms with Gasteiger partial charge in [0.1, 0.15) is 5.82 Å². The highest BCUT2D eigenvalue weighted by atomic mass is 127. The summed E-state index contributed by atoms with van der Waals surface area (Å²) < 4.78 is 13.2. The maximum absolute atomic E-state index is 13.2. The minimum Gasteiger partial charge on any atom is -0.353 e. The predicted molar refractivity (Wildman–Crippen MR) is 108 cm³/mol. The van der Waals surface area contributed by atoms with Crippen LogP contribution in [0.4, 0.5) is 4.39 Å². The fourth-order valence-corrected chi connectivity index (χ4v) is 2.86. The molecule has 0 saturated heterocycles. The number of halogens is 3. The van der Waals surface area contributed by atoms with E-state index in [9.17, 15) is 4.39 Å². The first-order valence-electron chi connectivity index (χ1n) is 7.63. The van der Waals surface area contributed by atoms with Crippen LogP contribution in [0.5, 0.6) is 0 Å². The summed E-state index contributed by atoms with van der Waals surface area (Å²) in [5.41, 5.74) is 2.13. The standard InChI is InChI=1S/C18H19ClFN3.HI/c1-21-18(22-11-12-4-2-7-15(20)8-12)23-17-10-16(17)13-5-3-6-14(19)9-13;/h2-9,16-17H,10-11H2,1H3,(H2,21,22,23);1H. The van der Waals surface area contributed by atoms with Crippen molar-refractivity contribution in [2.24, 2.45) is 4.99 Å². The van der Waals surface area contributed by atoms with E-state index in [0.29, 0.717) is 18.5 Å². The van der Waals surface area contributed by atoms with Gasteiger partial charge in [0, 0.05) is 30.6 Å². The second kappa shape index (κ2) is 8.67. The second-order valence-corrected chi connectivity index (χ2v) is 6.14. The monoisotopic (exact) mass is 459 g/mol. The Kier molecular flexibility index (Phi) is 6.86. The molecule has 0 amide bonds. The molecule has 24 heavy (non-hydrogen) atoms. The minimum absolute atomic E-state index is 0. The quantitative estimate of drug-likeness (QED) is 0.406. The summed E-state index contributed by atoms with van der Waals surface area (Å²) in [6, 6.07) is 14.9. The Bertz CT molecular complexity index is 723. The van der Waals surface area contributed by atoms with Crippen LogP contribution in [0.3, 0.4) is 0 Å². The van der Waals surface area contributed by atoms with Crippen molar-refractivity contribution in [1.82, 2.24) is 10.6 Å². The number of hydrogen-bond donors (Lipinski definition) is 2. The van der Waals surface area contributed by atoms with Crippen LogP contribution in [0, 0.1) is 5.82 Å². The molecular formula is C18H20ClFIN3. The normalized spacial score (nSPS) is 19.4. The molecular weight excluding hydrogens is 440 g/mol. The molecule has 3 nitrogen and oxygen atoms in total. The molecule has 2 aromatic rings. The molecule has 0 aromatic heterocycles. The van der Waals surface area contributed by atoms with E-state index >= 15 is 0 Å². The highest BCUT2D eigenvalue weighted by Gasteiger charge is 2.39. The highest BCUT2D eigenvalue weighted by molar-refractivity contribution is 14.0. The molecule has 1 aliphatic carbocycles. The van der Waals surface area contributed by atoms with Crippen LogP contribution in [0.15, 0.2) is 53.5 Å². The third kappa shape index (κ3) is 5.08. The van der Waals surface area contributed by atoms with E-state index in [-0.39, 0.29) is 29.8 Å². The Hall–Kier alpha value is -1.34. The molecule has 0 aliphatic heterocycles. The molecule has 1 saturated carbocycles. The number of benzene rings is 2. The Morgan fingerprint density at radius 3 is 2.75 bits per heavy atom. The average Bonchev–Trinajstić information content (AvgIpc) is 3.31. The van der Waals surface area contributed by atoms with Crippen molar-refractivity contribution in [2.45, 2.75) is 24.9 Å². The summed E-state index contributed by atoms with van der Waals surface area (Å²) in [6.07, 6.45) is 1.06. The Labute approximate surface area is 163 Å². The molecule has 1 aliphatic rings. The molecule has 0 heterocycles. The van der Waals surface area contributed by atoms with Gasteiger partial charge in [-0.1, -0.05) is 35.9 Å². The van der Waals surface area contributed by atoms with Crippen molar-refractivity contribution in [2.75, 3.05) is 7.05 Å². The van der Waals surface area contributed by atoms with Crippen molar-refractivity contribution in [1.29, 1.82) is 0 Å². The number of rotatable bonds is 4. The number of nitrogens with one attached hydrogen (secondary N) is 2. The molecule has 2 aromatic carbocycles. The molecule has 6 heteroatoms. The van der Waals surface area contributed by atoms with E-state index in [0.717, 1.165) is 23.0 Å². The lowest BCUT2D eigenvalue weighted by atomic mass is 10.1. The number of hydrogen-bond acceptors (Lipinski definition) is 1. The molecule has 0 spiro atoms. The van der Waals surface area contributed by atoms with Crippen LogP contribution < -0.4 is 10.6 Å². The smallest absolute Gasteiger partial charge is 0.191 e. The van der Waals surface area contributed by atoms with Crippen LogP contribution in [-0.4, -0.2) is 19.0 Å². The van der Waals surface area contributed by atoms with Gasteiger partial charge in [-0.05, 0) is 41.8 Å². The van der Waals surface area contributed by atoms with Crippen LogP contribution >= 0.6 is 35.6 Å². The average molecular weight is 460 g/mol. The molecule has 0 radical (unpaired) electrons. The highest BCUT2D eigenvalue weighted by Crippen LogP contribution is 2.41. The maximum atomic E-state index is 13.2. The lowest BCUT2D eigenvalue weighted by Gasteiger charge is -2.12. The van der Waals surface area contributed by atoms with Gasteiger partial charge in [-0.2, -0.15) is 0 Å². The molecule has 2 atom stereocenters. The zero-order chi connectivity index (χ0) is 16.2. The third-order valence-electron chi connectivity index (χ3n) is 3.96. The second-order valence-electron chi connectivity index (χ2n) is 5.70. The lowest BCUT2D eigenvalue weighted by molar-refractivity contribution is 0.624. The van der Waals surface area contributed by atoms with Gasteiger partial charge < -0.3 is 10.6 Å². The van der Waals surface area contributed by atoms with E-state index in [1.807, 2.05) is 24.3 Å². The summed E-state index contributed by atoms with van der Waals surface area (Å²) in [5.74, 6) is 0.959. The van der Waals surface area contributed by atoms with Crippen LogP contribution in [0.2, 0.25) is 5.02 Å². The zero-order valence-corrected chi connectivity index (χ0v) is 16.4. The van der Waals surface area contributed by atoms with Gasteiger partial charge in [0.15, 0.2) is 5.96 Å². The van der Waals surface area contributed by atoms with Gasteiger partial charge in [0.25, 0.3) is 0 Å². The van der Waals surface area contributed by atoms with Crippen LogP contribution in [0.25, 0.3) is 0 Å². The topological polar surface area (TPSA) is 36.4 Å². The summed E-state index contributed by atoms with van der Waals surface area (Å²) in [7, 11) is 1.73. The third-order valence-corrected chi connectivity index (χ3v) is 4.20. The van der Waals surface area contributed by atoms with Crippen molar-refractivity contribution >= 4 is 41.5 Å². The van der Waals surface area contributed by atoms with Crippen LogP contribution in [-0.2, 0) is 6.54 Å². The lowest BCUT2D eigenvalue weighted by Crippen LogP contribution is -2.38. The van der Waals surface area contributed by atoms with Crippen LogP contribution in [0.1, 0.15) is 23.5 Å². The maximum Gasteiger partial charge on any atom is 0.191 e. The predicted octanol–water partition coefficient (Wildman–Crippen LogP) is 4.32. The summed E-state index contributed by atoms with van der Waals surface area (Å²) in [5, 5.41) is 7.37. The van der Waals surface area contributed by atoms with E-state index in [1.165, 1.54) is 17.7 Å². The molecule has 2 unspecified atom stereocenters. The number of guanidine groups is 1. The fourth-order valence-electron chi connectivity index (χ4n) is 2.66. The summed E-state index contributed by atoms with van der Waals surface area (Å²) in [4.78, 5) is 4.23. The zero-order valence-electron chi connectivity index (χ0n) is 13.3. The first kappa shape index (κ1) is 19.0. The van der Waals surface area contributed by atoms with E-state index < -0.39 is 0 Å². The van der Waals surface area contributed by atoms with Gasteiger partial charge >= 0.3 is 0 Å².